The molecule has 0 atom stereocenters. The third-order valence-electron chi connectivity index (χ3n) is 6.28. The van der Waals surface area contributed by atoms with Crippen LogP contribution in [-0.4, -0.2) is 68.7 Å². The smallest absolute Gasteiger partial charge is 0.253 e. The minimum absolute atomic E-state index is 0.0113. The van der Waals surface area contributed by atoms with Gasteiger partial charge in [-0.15, -0.1) is 0 Å². The lowest BCUT2D eigenvalue weighted by Crippen LogP contribution is -2.48. The first-order valence-corrected chi connectivity index (χ1v) is 12.4. The van der Waals surface area contributed by atoms with Crippen molar-refractivity contribution < 1.29 is 13.2 Å². The van der Waals surface area contributed by atoms with Crippen LogP contribution in [-0.2, 0) is 29.4 Å². The zero-order chi connectivity index (χ0) is 22.0. The van der Waals surface area contributed by atoms with Gasteiger partial charge in [0.2, 0.25) is 10.0 Å². The number of rotatable bonds is 5. The number of benzene rings is 2. The highest BCUT2D eigenvalue weighted by atomic mass is 32.2. The Hall–Kier alpha value is -2.22. The van der Waals surface area contributed by atoms with Crippen LogP contribution in [0.4, 0.5) is 0 Å². The van der Waals surface area contributed by atoms with Crippen LogP contribution in [0.15, 0.2) is 47.4 Å². The van der Waals surface area contributed by atoms with E-state index in [4.69, 9.17) is 0 Å². The van der Waals surface area contributed by atoms with Crippen LogP contribution in [0.3, 0.4) is 0 Å². The van der Waals surface area contributed by atoms with Gasteiger partial charge < -0.3 is 4.90 Å². The summed E-state index contributed by atoms with van der Waals surface area (Å²) in [4.78, 5) is 16.5. The van der Waals surface area contributed by atoms with Gasteiger partial charge in [0, 0.05) is 52.4 Å². The lowest BCUT2D eigenvalue weighted by Gasteiger charge is -2.34. The molecule has 1 aliphatic carbocycles. The monoisotopic (exact) mass is 441 g/mol. The second-order valence-electron chi connectivity index (χ2n) is 8.72. The fourth-order valence-corrected chi connectivity index (χ4v) is 5.94. The van der Waals surface area contributed by atoms with Crippen LogP contribution >= 0.6 is 0 Å². The van der Waals surface area contributed by atoms with Crippen LogP contribution in [0.25, 0.3) is 0 Å². The third kappa shape index (κ3) is 4.84. The zero-order valence-electron chi connectivity index (χ0n) is 18.4. The first-order chi connectivity index (χ1) is 14.8. The minimum Gasteiger partial charge on any atom is -0.345 e. The average Bonchev–Trinajstić information content (AvgIpc) is 2.78. The molecule has 1 heterocycles. The van der Waals surface area contributed by atoms with Crippen molar-refractivity contribution in [1.29, 1.82) is 0 Å². The Morgan fingerprint density at radius 1 is 0.935 bits per heavy atom. The van der Waals surface area contributed by atoms with Gasteiger partial charge in [-0.1, -0.05) is 18.2 Å². The number of nitrogens with zero attached hydrogens (tertiary/aromatic N) is 3. The highest BCUT2D eigenvalue weighted by Crippen LogP contribution is 2.26. The molecule has 6 nitrogen and oxygen atoms in total. The van der Waals surface area contributed by atoms with Gasteiger partial charge in [-0.2, -0.15) is 4.31 Å². The summed E-state index contributed by atoms with van der Waals surface area (Å²) < 4.78 is 28.0. The standard InChI is InChI=1S/C24H31N3O3S/c1-25(2)24(28)22-9-5-6-19(16-22)18-26-12-14-27(15-13-26)31(29,30)23-11-10-20-7-3-4-8-21(20)17-23/h5-6,9-11,16-17H,3-4,7-8,12-15,18H2,1-2H3. The molecule has 0 unspecified atom stereocenters. The van der Waals surface area contributed by atoms with E-state index in [0.717, 1.165) is 24.8 Å². The number of sulfonamides is 1. The molecule has 0 aromatic heterocycles. The minimum atomic E-state index is -3.46. The number of hydrogen-bond acceptors (Lipinski definition) is 4. The molecule has 1 aliphatic heterocycles. The molecular formula is C24H31N3O3S. The van der Waals surface area contributed by atoms with Crippen LogP contribution in [0.5, 0.6) is 0 Å². The summed E-state index contributed by atoms with van der Waals surface area (Å²) in [7, 11) is 0.0317. The second kappa shape index (κ2) is 9.10. The van der Waals surface area contributed by atoms with Crippen molar-refractivity contribution in [2.75, 3.05) is 40.3 Å². The zero-order valence-corrected chi connectivity index (χ0v) is 19.2. The van der Waals surface area contributed by atoms with Crippen molar-refractivity contribution in [1.82, 2.24) is 14.1 Å². The highest BCUT2D eigenvalue weighted by molar-refractivity contribution is 7.89. The van der Waals surface area contributed by atoms with Crippen molar-refractivity contribution >= 4 is 15.9 Å². The number of hydrogen-bond donors (Lipinski definition) is 0. The van der Waals surface area contributed by atoms with Gasteiger partial charge in [-0.3, -0.25) is 9.69 Å². The van der Waals surface area contributed by atoms with Crippen molar-refractivity contribution in [3.05, 3.63) is 64.7 Å². The largest absolute Gasteiger partial charge is 0.345 e. The van der Waals surface area contributed by atoms with Crippen LogP contribution in [0, 0.1) is 0 Å². The highest BCUT2D eigenvalue weighted by Gasteiger charge is 2.29. The number of amides is 1. The molecular weight excluding hydrogens is 410 g/mol. The molecule has 0 bridgehead atoms. The van der Waals surface area contributed by atoms with E-state index in [-0.39, 0.29) is 5.91 Å². The molecule has 1 amide bonds. The summed E-state index contributed by atoms with van der Waals surface area (Å²) in [5, 5.41) is 0. The van der Waals surface area contributed by atoms with Crippen LogP contribution in [0.1, 0.15) is 39.9 Å². The summed E-state index contributed by atoms with van der Waals surface area (Å²) in [5.74, 6) is -0.0113. The lowest BCUT2D eigenvalue weighted by atomic mass is 9.92. The van der Waals surface area contributed by atoms with Gasteiger partial charge in [0.1, 0.15) is 0 Å². The van der Waals surface area contributed by atoms with E-state index in [0.29, 0.717) is 43.2 Å². The number of carbonyl (C=O) groups is 1. The average molecular weight is 442 g/mol. The van der Waals surface area contributed by atoms with Crippen molar-refractivity contribution in [3.63, 3.8) is 0 Å². The molecule has 2 aromatic rings. The Morgan fingerprint density at radius 2 is 1.65 bits per heavy atom. The summed E-state index contributed by atoms with van der Waals surface area (Å²) in [6.45, 7) is 3.03. The van der Waals surface area contributed by atoms with E-state index in [1.165, 1.54) is 17.5 Å². The molecule has 0 radical (unpaired) electrons. The summed E-state index contributed by atoms with van der Waals surface area (Å²) in [6, 6.07) is 13.3. The molecule has 2 aliphatic rings. The van der Waals surface area contributed by atoms with Gasteiger partial charge >= 0.3 is 0 Å². The van der Waals surface area contributed by atoms with Gasteiger partial charge in [0.25, 0.3) is 5.91 Å². The first kappa shape index (κ1) is 22.0. The van der Waals surface area contributed by atoms with E-state index in [1.54, 1.807) is 29.4 Å². The summed E-state index contributed by atoms with van der Waals surface area (Å²) in [5.41, 5.74) is 4.23. The Bertz CT molecular complexity index is 1060. The molecule has 2 aromatic carbocycles. The maximum atomic E-state index is 13.2. The number of piperazine rings is 1. The van der Waals surface area contributed by atoms with E-state index >= 15 is 0 Å². The van der Waals surface area contributed by atoms with Crippen molar-refractivity contribution in [2.24, 2.45) is 0 Å². The predicted octanol–water partition coefficient (Wildman–Crippen LogP) is 2.77. The van der Waals surface area contributed by atoms with E-state index in [2.05, 4.69) is 4.90 Å². The van der Waals surface area contributed by atoms with E-state index < -0.39 is 10.0 Å². The van der Waals surface area contributed by atoms with Gasteiger partial charge in [-0.25, -0.2) is 8.42 Å². The maximum absolute atomic E-state index is 13.2. The second-order valence-corrected chi connectivity index (χ2v) is 10.7. The molecule has 4 rings (SSSR count). The third-order valence-corrected chi connectivity index (χ3v) is 8.17. The molecule has 7 heteroatoms. The Morgan fingerprint density at radius 3 is 2.35 bits per heavy atom. The molecule has 0 spiro atoms. The first-order valence-electron chi connectivity index (χ1n) is 11.0. The van der Waals surface area contributed by atoms with E-state index in [9.17, 15) is 13.2 Å². The van der Waals surface area contributed by atoms with E-state index in [1.807, 2.05) is 36.4 Å². The quantitative estimate of drug-likeness (QED) is 0.716. The van der Waals surface area contributed by atoms with Gasteiger partial charge in [0.05, 0.1) is 4.90 Å². The lowest BCUT2D eigenvalue weighted by molar-refractivity contribution is 0.0827. The fourth-order valence-electron chi connectivity index (χ4n) is 4.47. The molecule has 166 valence electrons. The molecule has 31 heavy (non-hydrogen) atoms. The predicted molar refractivity (Wildman–Crippen MR) is 122 cm³/mol. The van der Waals surface area contributed by atoms with Crippen molar-refractivity contribution in [3.8, 4) is 0 Å². The maximum Gasteiger partial charge on any atom is 0.253 e. The van der Waals surface area contributed by atoms with Gasteiger partial charge in [0.15, 0.2) is 0 Å². The number of aryl methyl sites for hydroxylation is 2. The Kier molecular flexibility index (Phi) is 6.46. The topological polar surface area (TPSA) is 60.9 Å². The van der Waals surface area contributed by atoms with Gasteiger partial charge in [-0.05, 0) is 66.6 Å². The number of carbonyl (C=O) groups excluding carboxylic acids is 1. The van der Waals surface area contributed by atoms with Crippen LogP contribution in [0.2, 0.25) is 0 Å². The Balaban J connectivity index is 1.39. The molecule has 0 saturated carbocycles. The summed E-state index contributed by atoms with van der Waals surface area (Å²) in [6.07, 6.45) is 4.35. The summed E-state index contributed by atoms with van der Waals surface area (Å²) >= 11 is 0. The number of fused-ring (bicyclic) bond motifs is 1. The SMILES string of the molecule is CN(C)C(=O)c1cccc(CN2CCN(S(=O)(=O)c3ccc4c(c3)CCCC4)CC2)c1. The molecule has 1 saturated heterocycles. The molecule has 1 fully saturated rings. The normalized spacial score (nSPS) is 17.9. The molecule has 0 N–H and O–H groups in total. The van der Waals surface area contributed by atoms with Crippen LogP contribution < -0.4 is 0 Å². The Labute approximate surface area is 185 Å². The van der Waals surface area contributed by atoms with Crippen molar-refractivity contribution in [2.45, 2.75) is 37.1 Å². The fraction of sp³-hybridized carbons (Fsp3) is 0.458.